The molecule has 0 aliphatic carbocycles. The minimum Gasteiger partial charge on any atom is -0.286 e. The first-order chi connectivity index (χ1) is 6.77. The summed E-state index contributed by atoms with van der Waals surface area (Å²) in [5.74, 6) is -0.121. The Morgan fingerprint density at radius 3 is 2.71 bits per heavy atom. The molecule has 0 unspecified atom stereocenters. The topological polar surface area (TPSA) is 42.9 Å². The van der Waals surface area contributed by atoms with Crippen molar-refractivity contribution >= 4 is 28.7 Å². The highest BCUT2D eigenvalue weighted by atomic mass is 35.5. The van der Waals surface area contributed by atoms with Crippen LogP contribution in [0.15, 0.2) is 29.6 Å². The number of ketones is 1. The summed E-state index contributed by atoms with van der Waals surface area (Å²) < 4.78 is 0. The monoisotopic (exact) mass is 224 g/mol. The molecule has 0 bridgehead atoms. The lowest BCUT2D eigenvalue weighted by molar-refractivity contribution is 0.103. The SMILES string of the molecule is O=C(c1ccc(Cl)nn1)c1cccs1. The van der Waals surface area contributed by atoms with Gasteiger partial charge in [0, 0.05) is 0 Å². The van der Waals surface area contributed by atoms with Gasteiger partial charge in [-0.2, -0.15) is 0 Å². The van der Waals surface area contributed by atoms with Crippen molar-refractivity contribution in [1.29, 1.82) is 0 Å². The molecule has 0 saturated heterocycles. The number of nitrogens with zero attached hydrogens (tertiary/aromatic N) is 2. The molecule has 3 nitrogen and oxygen atoms in total. The summed E-state index contributed by atoms with van der Waals surface area (Å²) in [5, 5.41) is 9.45. The van der Waals surface area contributed by atoms with E-state index in [1.54, 1.807) is 18.2 Å². The van der Waals surface area contributed by atoms with Crippen LogP contribution in [0.1, 0.15) is 15.4 Å². The van der Waals surface area contributed by atoms with E-state index in [9.17, 15) is 4.79 Å². The van der Waals surface area contributed by atoms with Crippen LogP contribution in [0.25, 0.3) is 0 Å². The van der Waals surface area contributed by atoms with Gasteiger partial charge in [0.25, 0.3) is 0 Å². The first-order valence-corrected chi connectivity index (χ1v) is 5.10. The van der Waals surface area contributed by atoms with Gasteiger partial charge < -0.3 is 0 Å². The molecule has 2 aromatic heterocycles. The van der Waals surface area contributed by atoms with Crippen LogP contribution in [0, 0.1) is 0 Å². The first-order valence-electron chi connectivity index (χ1n) is 3.85. The molecule has 0 amide bonds. The molecule has 0 N–H and O–H groups in total. The molecule has 0 aliphatic rings. The predicted octanol–water partition coefficient (Wildman–Crippen LogP) is 2.42. The van der Waals surface area contributed by atoms with Gasteiger partial charge in [-0.15, -0.1) is 21.5 Å². The fourth-order valence-corrected chi connectivity index (χ4v) is 1.74. The van der Waals surface area contributed by atoms with E-state index < -0.39 is 0 Å². The van der Waals surface area contributed by atoms with Crippen LogP contribution in [0.3, 0.4) is 0 Å². The quantitative estimate of drug-likeness (QED) is 0.736. The Balaban J connectivity index is 2.33. The lowest BCUT2D eigenvalue weighted by Gasteiger charge is -1.95. The highest BCUT2D eigenvalue weighted by Gasteiger charge is 2.11. The second-order valence-corrected chi connectivity index (χ2v) is 3.88. The van der Waals surface area contributed by atoms with Gasteiger partial charge in [-0.1, -0.05) is 17.7 Å². The van der Waals surface area contributed by atoms with Crippen molar-refractivity contribution in [3.63, 3.8) is 0 Å². The largest absolute Gasteiger partial charge is 0.286 e. The fourth-order valence-electron chi connectivity index (χ4n) is 0.971. The molecule has 0 spiro atoms. The van der Waals surface area contributed by atoms with Gasteiger partial charge in [-0.3, -0.25) is 4.79 Å². The van der Waals surface area contributed by atoms with E-state index in [0.717, 1.165) is 0 Å². The van der Waals surface area contributed by atoms with Gasteiger partial charge >= 0.3 is 0 Å². The number of thiophene rings is 1. The van der Waals surface area contributed by atoms with Crippen LogP contribution in [0.2, 0.25) is 5.15 Å². The lowest BCUT2D eigenvalue weighted by Crippen LogP contribution is -2.02. The molecular weight excluding hydrogens is 220 g/mol. The van der Waals surface area contributed by atoms with Crippen molar-refractivity contribution in [2.75, 3.05) is 0 Å². The van der Waals surface area contributed by atoms with Crippen molar-refractivity contribution < 1.29 is 4.79 Å². The van der Waals surface area contributed by atoms with Crippen molar-refractivity contribution in [1.82, 2.24) is 10.2 Å². The second kappa shape index (κ2) is 3.86. The van der Waals surface area contributed by atoms with Gasteiger partial charge in [-0.25, -0.2) is 0 Å². The van der Waals surface area contributed by atoms with Crippen LogP contribution in [-0.4, -0.2) is 16.0 Å². The maximum atomic E-state index is 11.7. The molecule has 0 saturated carbocycles. The fraction of sp³-hybridized carbons (Fsp3) is 0. The van der Waals surface area contributed by atoms with E-state index in [1.807, 2.05) is 11.4 Å². The molecule has 70 valence electrons. The number of rotatable bonds is 2. The summed E-state index contributed by atoms with van der Waals surface area (Å²) in [6, 6.07) is 6.69. The van der Waals surface area contributed by atoms with Crippen LogP contribution in [0.4, 0.5) is 0 Å². The Kier molecular flexibility index (Phi) is 2.56. The van der Waals surface area contributed by atoms with E-state index in [0.29, 0.717) is 10.6 Å². The first kappa shape index (κ1) is 9.30. The molecule has 0 fully saturated rings. The number of halogens is 1. The van der Waals surface area contributed by atoms with Gasteiger partial charge in [0.15, 0.2) is 5.15 Å². The average Bonchev–Trinajstić information content (AvgIpc) is 2.71. The predicted molar refractivity (Wildman–Crippen MR) is 54.8 cm³/mol. The molecular formula is C9H5ClN2OS. The normalized spacial score (nSPS) is 10.1. The molecule has 0 atom stereocenters. The zero-order chi connectivity index (χ0) is 9.97. The van der Waals surface area contributed by atoms with Crippen LogP contribution < -0.4 is 0 Å². The standard InChI is InChI=1S/C9H5ClN2OS/c10-8-4-3-6(11-12-8)9(13)7-2-1-5-14-7/h1-5H. The van der Waals surface area contributed by atoms with Crippen molar-refractivity contribution in [3.05, 3.63) is 45.4 Å². The molecule has 14 heavy (non-hydrogen) atoms. The summed E-state index contributed by atoms with van der Waals surface area (Å²) in [6.45, 7) is 0. The molecule has 0 radical (unpaired) electrons. The minimum atomic E-state index is -0.121. The maximum absolute atomic E-state index is 11.7. The summed E-state index contributed by atoms with van der Waals surface area (Å²) in [4.78, 5) is 12.3. The zero-order valence-electron chi connectivity index (χ0n) is 6.98. The summed E-state index contributed by atoms with van der Waals surface area (Å²) >= 11 is 6.94. The Hall–Kier alpha value is -1.26. The average molecular weight is 225 g/mol. The third-order valence-electron chi connectivity index (χ3n) is 1.61. The maximum Gasteiger partial charge on any atom is 0.223 e. The molecule has 0 aliphatic heterocycles. The van der Waals surface area contributed by atoms with Crippen molar-refractivity contribution in [2.24, 2.45) is 0 Å². The summed E-state index contributed by atoms with van der Waals surface area (Å²) in [7, 11) is 0. The highest BCUT2D eigenvalue weighted by molar-refractivity contribution is 7.12. The molecule has 5 heteroatoms. The van der Waals surface area contributed by atoms with Gasteiger partial charge in [0.05, 0.1) is 4.88 Å². The van der Waals surface area contributed by atoms with Crippen molar-refractivity contribution in [3.8, 4) is 0 Å². The van der Waals surface area contributed by atoms with Crippen molar-refractivity contribution in [2.45, 2.75) is 0 Å². The molecule has 2 rings (SSSR count). The summed E-state index contributed by atoms with van der Waals surface area (Å²) in [6.07, 6.45) is 0. The van der Waals surface area contributed by atoms with E-state index >= 15 is 0 Å². The zero-order valence-corrected chi connectivity index (χ0v) is 8.55. The molecule has 0 aromatic carbocycles. The number of hydrogen-bond donors (Lipinski definition) is 0. The Morgan fingerprint density at radius 2 is 2.14 bits per heavy atom. The third-order valence-corrected chi connectivity index (χ3v) is 2.68. The van der Waals surface area contributed by atoms with E-state index in [1.165, 1.54) is 11.3 Å². The lowest BCUT2D eigenvalue weighted by atomic mass is 10.2. The number of hydrogen-bond acceptors (Lipinski definition) is 4. The van der Waals surface area contributed by atoms with E-state index in [-0.39, 0.29) is 10.9 Å². The Labute approximate surface area is 89.4 Å². The van der Waals surface area contributed by atoms with E-state index in [4.69, 9.17) is 11.6 Å². The smallest absolute Gasteiger partial charge is 0.223 e. The van der Waals surface area contributed by atoms with Crippen LogP contribution in [0.5, 0.6) is 0 Å². The number of carbonyl (C=O) groups excluding carboxylic acids is 1. The third kappa shape index (κ3) is 1.81. The summed E-state index contributed by atoms with van der Waals surface area (Å²) in [5.41, 5.74) is 0.317. The van der Waals surface area contributed by atoms with Gasteiger partial charge in [-0.05, 0) is 23.6 Å². The minimum absolute atomic E-state index is 0.121. The van der Waals surface area contributed by atoms with E-state index in [2.05, 4.69) is 10.2 Å². The Morgan fingerprint density at radius 1 is 1.29 bits per heavy atom. The molecule has 2 heterocycles. The van der Waals surface area contributed by atoms with Crippen LogP contribution >= 0.6 is 22.9 Å². The second-order valence-electron chi connectivity index (χ2n) is 2.55. The van der Waals surface area contributed by atoms with Gasteiger partial charge in [0.1, 0.15) is 5.69 Å². The Bertz CT molecular complexity index is 438. The molecule has 2 aromatic rings. The highest BCUT2D eigenvalue weighted by Crippen LogP contribution is 2.13. The van der Waals surface area contributed by atoms with Gasteiger partial charge in [0.2, 0.25) is 5.78 Å². The number of aromatic nitrogens is 2. The van der Waals surface area contributed by atoms with Crippen LogP contribution in [-0.2, 0) is 0 Å². The number of carbonyl (C=O) groups is 1.